The van der Waals surface area contributed by atoms with Gasteiger partial charge in [0.25, 0.3) is 0 Å². The van der Waals surface area contributed by atoms with E-state index < -0.39 is 0 Å². The monoisotopic (exact) mass is 154 g/mol. The molecule has 8 heavy (non-hydrogen) atoms. The van der Waals surface area contributed by atoms with Crippen molar-refractivity contribution in [3.05, 3.63) is 12.7 Å². The van der Waals surface area contributed by atoms with Gasteiger partial charge >= 0.3 is 21.7 Å². The van der Waals surface area contributed by atoms with Crippen LogP contribution in [0.25, 0.3) is 6.15 Å². The van der Waals surface area contributed by atoms with Crippen LogP contribution in [0.4, 0.5) is 0 Å². The van der Waals surface area contributed by atoms with Crippen molar-refractivity contribution in [3.8, 4) is 0 Å². The van der Waals surface area contributed by atoms with E-state index in [0.717, 1.165) is 0 Å². The van der Waals surface area contributed by atoms with Crippen LogP contribution in [-0.2, 0) is 21.7 Å². The summed E-state index contributed by atoms with van der Waals surface area (Å²) in [7, 11) is 0. The quantitative estimate of drug-likeness (QED) is 0.400. The molecule has 0 spiro atoms. The largest absolute Gasteiger partial charge is 2.00 e. The Hall–Kier alpha value is 0.594. The molecule has 0 heterocycles. The third kappa shape index (κ3) is 584. The predicted molar refractivity (Wildman–Crippen MR) is 32.2 cm³/mol. The molecule has 0 saturated carbocycles. The maximum Gasteiger partial charge on any atom is 2.00 e. The summed E-state index contributed by atoms with van der Waals surface area (Å²) >= 11 is 0. The molecule has 4 heteroatoms. The standard InChI is InChI=1S/C2H6N.C2H6O.H2N.Ti/c2*1-2-3;;/h2H,3H2,1H3;3H,2H2,1H3;1H2;/q-1;;-1;+2. The average molecular weight is 154 g/mol. The molecule has 0 aliphatic heterocycles. The SMILES string of the molecule is CCO.C[CH-]N.[NH2-].[Ti+2]. The van der Waals surface area contributed by atoms with Crippen molar-refractivity contribution in [2.75, 3.05) is 6.61 Å². The summed E-state index contributed by atoms with van der Waals surface area (Å²) in [6.07, 6.45) is 0. The smallest absolute Gasteiger partial charge is 0.693 e. The normalized spacial score (nSPS) is 4.50. The van der Waals surface area contributed by atoms with Crippen LogP contribution in [0.1, 0.15) is 13.8 Å². The van der Waals surface area contributed by atoms with Crippen molar-refractivity contribution in [2.45, 2.75) is 13.8 Å². The van der Waals surface area contributed by atoms with Crippen LogP contribution < -0.4 is 5.73 Å². The van der Waals surface area contributed by atoms with Crippen LogP contribution in [0.3, 0.4) is 0 Å². The molecule has 0 rings (SSSR count). The van der Waals surface area contributed by atoms with Gasteiger partial charge in [-0.1, -0.05) is 0 Å². The molecule has 5 N–H and O–H groups in total. The van der Waals surface area contributed by atoms with E-state index in [4.69, 9.17) is 10.8 Å². The van der Waals surface area contributed by atoms with Crippen LogP contribution in [0.5, 0.6) is 0 Å². The van der Waals surface area contributed by atoms with Gasteiger partial charge in [-0.05, 0) is 6.92 Å². The summed E-state index contributed by atoms with van der Waals surface area (Å²) in [6.45, 7) is 5.21. The fraction of sp³-hybridized carbons (Fsp3) is 0.750. The minimum Gasteiger partial charge on any atom is -0.693 e. The van der Waals surface area contributed by atoms with E-state index in [-0.39, 0.29) is 34.5 Å². The summed E-state index contributed by atoms with van der Waals surface area (Å²) in [5, 5.41) is 7.57. The third-order valence-electron chi connectivity index (χ3n) is 0. The molecule has 0 aromatic carbocycles. The van der Waals surface area contributed by atoms with Gasteiger partial charge in [0.15, 0.2) is 0 Å². The molecule has 0 amide bonds. The van der Waals surface area contributed by atoms with Gasteiger partial charge in [-0.3, -0.25) is 6.54 Å². The molecule has 0 aliphatic carbocycles. The van der Waals surface area contributed by atoms with Crippen LogP contribution in [0.15, 0.2) is 0 Å². The van der Waals surface area contributed by atoms with E-state index in [1.807, 2.05) is 0 Å². The Balaban J connectivity index is -0.0000000160. The average Bonchev–Trinajstić information content (AvgIpc) is 1.39. The van der Waals surface area contributed by atoms with E-state index in [1.54, 1.807) is 13.8 Å². The Morgan fingerprint density at radius 2 is 1.62 bits per heavy atom. The molecule has 0 aliphatic rings. The summed E-state index contributed by atoms with van der Waals surface area (Å²) in [5.74, 6) is 0. The first-order valence-electron chi connectivity index (χ1n) is 1.93. The van der Waals surface area contributed by atoms with Gasteiger partial charge < -0.3 is 17.0 Å². The van der Waals surface area contributed by atoms with Crippen molar-refractivity contribution >= 4 is 0 Å². The maximum absolute atomic E-state index is 7.57. The summed E-state index contributed by atoms with van der Waals surface area (Å²) < 4.78 is 0. The van der Waals surface area contributed by atoms with Crippen molar-refractivity contribution in [3.63, 3.8) is 0 Å². The number of aliphatic hydroxyl groups is 1. The number of aliphatic hydroxyl groups excluding tert-OH is 1. The molecule has 3 nitrogen and oxygen atoms in total. The van der Waals surface area contributed by atoms with Gasteiger partial charge in [0.1, 0.15) is 0 Å². The Labute approximate surface area is 66.1 Å². The first kappa shape index (κ1) is 23.5. The fourth-order valence-electron chi connectivity index (χ4n) is 0. The minimum atomic E-state index is 0. The topological polar surface area (TPSA) is 79.8 Å². The van der Waals surface area contributed by atoms with E-state index in [2.05, 4.69) is 0 Å². The number of rotatable bonds is 0. The van der Waals surface area contributed by atoms with E-state index in [1.165, 1.54) is 6.54 Å². The number of hydrogen-bond acceptors (Lipinski definition) is 2. The first-order chi connectivity index (χ1) is 2.83. The molecule has 0 bridgehead atoms. The number of hydrogen-bond donors (Lipinski definition) is 2. The van der Waals surface area contributed by atoms with Gasteiger partial charge in [0.05, 0.1) is 0 Å². The molecule has 50 valence electrons. The van der Waals surface area contributed by atoms with E-state index in [0.29, 0.717) is 0 Å². The minimum absolute atomic E-state index is 0. The van der Waals surface area contributed by atoms with Crippen molar-refractivity contribution in [1.29, 1.82) is 0 Å². The zero-order valence-electron chi connectivity index (χ0n) is 5.39. The van der Waals surface area contributed by atoms with Crippen molar-refractivity contribution in [2.24, 2.45) is 5.73 Å². The van der Waals surface area contributed by atoms with Gasteiger partial charge in [-0.15, -0.1) is 0 Å². The Bertz CT molecular complexity index is 16.0. The zero-order chi connectivity index (χ0) is 5.41. The second-order valence-electron chi connectivity index (χ2n) is 0.650. The maximum atomic E-state index is 7.57. The second kappa shape index (κ2) is 49.1. The molecular weight excluding hydrogens is 140 g/mol. The van der Waals surface area contributed by atoms with E-state index in [9.17, 15) is 0 Å². The molecule has 0 radical (unpaired) electrons. The first-order valence-corrected chi connectivity index (χ1v) is 1.93. The van der Waals surface area contributed by atoms with Crippen LogP contribution in [0, 0.1) is 6.54 Å². The fourth-order valence-corrected chi connectivity index (χ4v) is 0. The zero-order valence-corrected chi connectivity index (χ0v) is 6.95. The van der Waals surface area contributed by atoms with Gasteiger partial charge in [0.2, 0.25) is 0 Å². The molecule has 0 unspecified atom stereocenters. The molecular formula is C4H14N2OTi. The molecule has 0 aromatic heterocycles. The van der Waals surface area contributed by atoms with Crippen LogP contribution >= 0.6 is 0 Å². The summed E-state index contributed by atoms with van der Waals surface area (Å²) in [4.78, 5) is 0. The van der Waals surface area contributed by atoms with Gasteiger partial charge in [-0.2, -0.15) is 6.92 Å². The second-order valence-corrected chi connectivity index (χ2v) is 0.650. The third-order valence-corrected chi connectivity index (χ3v) is 0. The van der Waals surface area contributed by atoms with Gasteiger partial charge in [-0.25, -0.2) is 0 Å². The molecule has 0 aromatic rings. The van der Waals surface area contributed by atoms with E-state index >= 15 is 0 Å². The Morgan fingerprint density at radius 3 is 1.62 bits per heavy atom. The Morgan fingerprint density at radius 1 is 1.62 bits per heavy atom. The molecule has 0 saturated heterocycles. The van der Waals surface area contributed by atoms with Gasteiger partial charge in [0, 0.05) is 6.61 Å². The summed E-state index contributed by atoms with van der Waals surface area (Å²) in [5.41, 5.74) is 4.72. The molecule has 0 atom stereocenters. The predicted octanol–water partition coefficient (Wildman–Crippen LogP) is 0.840. The Kier molecular flexibility index (Phi) is 144. The summed E-state index contributed by atoms with van der Waals surface area (Å²) in [6, 6.07) is 0. The van der Waals surface area contributed by atoms with Crippen molar-refractivity contribution < 1.29 is 26.8 Å². The number of nitrogens with two attached hydrogens (primary N) is 2. The van der Waals surface area contributed by atoms with Crippen LogP contribution in [0.2, 0.25) is 0 Å². The van der Waals surface area contributed by atoms with Crippen molar-refractivity contribution in [1.82, 2.24) is 0 Å². The van der Waals surface area contributed by atoms with Crippen LogP contribution in [-0.4, -0.2) is 11.7 Å². The molecule has 0 fully saturated rings.